The van der Waals surface area contributed by atoms with Gasteiger partial charge in [0.15, 0.2) is 0 Å². The lowest BCUT2D eigenvalue weighted by atomic mass is 10.1. The molecular formula is C15H28N4. The molecule has 0 amide bonds. The lowest BCUT2D eigenvalue weighted by molar-refractivity contribution is 0.606. The SMILES string of the molecule is CCCCCNc1cc(NCCC(C)C)nc(C)n1. The first-order valence-electron chi connectivity index (χ1n) is 7.45. The van der Waals surface area contributed by atoms with Crippen LogP contribution in [0.3, 0.4) is 0 Å². The second-order valence-electron chi connectivity index (χ2n) is 5.43. The van der Waals surface area contributed by atoms with Crippen molar-refractivity contribution < 1.29 is 0 Å². The zero-order valence-electron chi connectivity index (χ0n) is 12.8. The molecule has 4 heteroatoms. The third-order valence-corrected chi connectivity index (χ3v) is 2.95. The average molecular weight is 264 g/mol. The van der Waals surface area contributed by atoms with Crippen molar-refractivity contribution in [3.8, 4) is 0 Å². The monoisotopic (exact) mass is 264 g/mol. The maximum Gasteiger partial charge on any atom is 0.131 e. The largest absolute Gasteiger partial charge is 0.370 e. The van der Waals surface area contributed by atoms with Crippen LogP contribution in [0.4, 0.5) is 11.6 Å². The number of hydrogen-bond donors (Lipinski definition) is 2. The molecule has 19 heavy (non-hydrogen) atoms. The van der Waals surface area contributed by atoms with Gasteiger partial charge >= 0.3 is 0 Å². The van der Waals surface area contributed by atoms with Gasteiger partial charge in [-0.15, -0.1) is 0 Å². The number of aryl methyl sites for hydroxylation is 1. The summed E-state index contributed by atoms with van der Waals surface area (Å²) in [5.74, 6) is 3.37. The molecule has 0 unspecified atom stereocenters. The first-order chi connectivity index (χ1) is 9.11. The highest BCUT2D eigenvalue weighted by atomic mass is 15.1. The van der Waals surface area contributed by atoms with E-state index in [4.69, 9.17) is 0 Å². The number of anilines is 2. The number of nitrogens with zero attached hydrogens (tertiary/aromatic N) is 2. The highest BCUT2D eigenvalue weighted by molar-refractivity contribution is 5.47. The van der Waals surface area contributed by atoms with E-state index in [0.29, 0.717) is 5.92 Å². The Labute approximate surface area is 117 Å². The number of nitrogens with one attached hydrogen (secondary N) is 2. The molecule has 0 aromatic carbocycles. The van der Waals surface area contributed by atoms with Crippen LogP contribution in [0.25, 0.3) is 0 Å². The van der Waals surface area contributed by atoms with Gasteiger partial charge in [0.25, 0.3) is 0 Å². The summed E-state index contributed by atoms with van der Waals surface area (Å²) in [6.07, 6.45) is 4.85. The van der Waals surface area contributed by atoms with Gasteiger partial charge in [0, 0.05) is 19.2 Å². The highest BCUT2D eigenvalue weighted by Crippen LogP contribution is 2.12. The maximum atomic E-state index is 4.41. The van der Waals surface area contributed by atoms with E-state index in [-0.39, 0.29) is 0 Å². The summed E-state index contributed by atoms with van der Waals surface area (Å²) in [4.78, 5) is 8.83. The number of hydrogen-bond acceptors (Lipinski definition) is 4. The molecule has 1 aromatic heterocycles. The Hall–Kier alpha value is -1.32. The second-order valence-corrected chi connectivity index (χ2v) is 5.43. The van der Waals surface area contributed by atoms with E-state index < -0.39 is 0 Å². The third-order valence-electron chi connectivity index (χ3n) is 2.95. The molecule has 1 heterocycles. The van der Waals surface area contributed by atoms with Crippen molar-refractivity contribution in [2.45, 2.75) is 53.4 Å². The minimum absolute atomic E-state index is 0.710. The van der Waals surface area contributed by atoms with Crippen LogP contribution < -0.4 is 10.6 Å². The molecule has 0 saturated heterocycles. The second kappa shape index (κ2) is 8.73. The van der Waals surface area contributed by atoms with Crippen molar-refractivity contribution in [2.24, 2.45) is 5.92 Å². The van der Waals surface area contributed by atoms with Crippen LogP contribution in [0, 0.1) is 12.8 Å². The summed E-state index contributed by atoms with van der Waals surface area (Å²) < 4.78 is 0. The van der Waals surface area contributed by atoms with Gasteiger partial charge in [-0.3, -0.25) is 0 Å². The van der Waals surface area contributed by atoms with Crippen LogP contribution in [0.1, 0.15) is 52.3 Å². The molecule has 4 nitrogen and oxygen atoms in total. The summed E-state index contributed by atoms with van der Waals surface area (Å²) in [7, 11) is 0. The van der Waals surface area contributed by atoms with E-state index in [1.54, 1.807) is 0 Å². The molecule has 1 aromatic rings. The molecule has 0 saturated carbocycles. The molecular weight excluding hydrogens is 236 g/mol. The van der Waals surface area contributed by atoms with Crippen molar-refractivity contribution in [2.75, 3.05) is 23.7 Å². The molecule has 0 atom stereocenters. The van der Waals surface area contributed by atoms with Gasteiger partial charge in [0.05, 0.1) is 0 Å². The highest BCUT2D eigenvalue weighted by Gasteiger charge is 2.02. The molecule has 0 radical (unpaired) electrons. The topological polar surface area (TPSA) is 49.8 Å². The van der Waals surface area contributed by atoms with Crippen LogP contribution in [-0.2, 0) is 0 Å². The van der Waals surface area contributed by atoms with E-state index in [1.165, 1.54) is 19.3 Å². The van der Waals surface area contributed by atoms with Crippen LogP contribution in [0.2, 0.25) is 0 Å². The summed E-state index contributed by atoms with van der Waals surface area (Å²) in [6.45, 7) is 10.6. The lowest BCUT2D eigenvalue weighted by Crippen LogP contribution is -2.09. The minimum Gasteiger partial charge on any atom is -0.370 e. The molecule has 108 valence electrons. The van der Waals surface area contributed by atoms with Gasteiger partial charge in [0.1, 0.15) is 17.5 Å². The van der Waals surface area contributed by atoms with Crippen molar-refractivity contribution in [3.63, 3.8) is 0 Å². The van der Waals surface area contributed by atoms with E-state index in [2.05, 4.69) is 41.4 Å². The molecule has 0 bridgehead atoms. The molecule has 0 spiro atoms. The average Bonchev–Trinajstić information content (AvgIpc) is 2.34. The normalized spacial score (nSPS) is 10.8. The fourth-order valence-corrected chi connectivity index (χ4v) is 1.83. The molecule has 1 rings (SSSR count). The van der Waals surface area contributed by atoms with E-state index in [1.807, 2.05) is 13.0 Å². The van der Waals surface area contributed by atoms with E-state index >= 15 is 0 Å². The Morgan fingerprint density at radius 3 is 2.26 bits per heavy atom. The van der Waals surface area contributed by atoms with Gasteiger partial charge < -0.3 is 10.6 Å². The first kappa shape index (κ1) is 15.7. The van der Waals surface area contributed by atoms with Gasteiger partial charge in [-0.05, 0) is 25.7 Å². The Balaban J connectivity index is 2.46. The van der Waals surface area contributed by atoms with Crippen molar-refractivity contribution in [1.82, 2.24) is 9.97 Å². The fourth-order valence-electron chi connectivity index (χ4n) is 1.83. The molecule has 0 aliphatic carbocycles. The van der Waals surface area contributed by atoms with E-state index in [0.717, 1.165) is 37.0 Å². The van der Waals surface area contributed by atoms with Gasteiger partial charge in [-0.2, -0.15) is 0 Å². The standard InChI is InChI=1S/C15H28N4/c1-5-6-7-9-16-14-11-15(19-13(4)18-14)17-10-8-12(2)3/h11-12H,5-10H2,1-4H3,(H2,16,17,18,19). The maximum absolute atomic E-state index is 4.41. The molecule has 0 aliphatic rings. The summed E-state index contributed by atoms with van der Waals surface area (Å²) in [5, 5.41) is 6.74. The minimum atomic E-state index is 0.710. The Kier molecular flexibility index (Phi) is 7.23. The van der Waals surface area contributed by atoms with Gasteiger partial charge in [0.2, 0.25) is 0 Å². The van der Waals surface area contributed by atoms with Crippen LogP contribution in [0.15, 0.2) is 6.07 Å². The Morgan fingerprint density at radius 1 is 1.05 bits per heavy atom. The van der Waals surface area contributed by atoms with Gasteiger partial charge in [-0.25, -0.2) is 9.97 Å². The summed E-state index contributed by atoms with van der Waals surface area (Å²) >= 11 is 0. The van der Waals surface area contributed by atoms with Crippen LogP contribution in [-0.4, -0.2) is 23.1 Å². The number of rotatable bonds is 9. The predicted molar refractivity (Wildman–Crippen MR) is 82.7 cm³/mol. The first-order valence-corrected chi connectivity index (χ1v) is 7.45. The fraction of sp³-hybridized carbons (Fsp3) is 0.733. The van der Waals surface area contributed by atoms with Crippen LogP contribution in [0.5, 0.6) is 0 Å². The quantitative estimate of drug-likeness (QED) is 0.665. The Bertz CT molecular complexity index is 363. The van der Waals surface area contributed by atoms with E-state index in [9.17, 15) is 0 Å². The molecule has 0 aliphatic heterocycles. The number of unbranched alkanes of at least 4 members (excludes halogenated alkanes) is 2. The van der Waals surface area contributed by atoms with Crippen molar-refractivity contribution in [1.29, 1.82) is 0 Å². The van der Waals surface area contributed by atoms with Crippen LogP contribution >= 0.6 is 0 Å². The summed E-state index contributed by atoms with van der Waals surface area (Å²) in [6, 6.07) is 2.00. The third kappa shape index (κ3) is 6.99. The Morgan fingerprint density at radius 2 is 1.68 bits per heavy atom. The number of aromatic nitrogens is 2. The zero-order chi connectivity index (χ0) is 14.1. The van der Waals surface area contributed by atoms with Gasteiger partial charge in [-0.1, -0.05) is 33.6 Å². The smallest absolute Gasteiger partial charge is 0.131 e. The lowest BCUT2D eigenvalue weighted by Gasteiger charge is -2.11. The predicted octanol–water partition coefficient (Wildman–Crippen LogP) is 3.85. The summed E-state index contributed by atoms with van der Waals surface area (Å²) in [5.41, 5.74) is 0. The van der Waals surface area contributed by atoms with Crippen molar-refractivity contribution in [3.05, 3.63) is 11.9 Å². The zero-order valence-corrected chi connectivity index (χ0v) is 12.8. The molecule has 2 N–H and O–H groups in total. The molecule has 0 fully saturated rings. The van der Waals surface area contributed by atoms with Crippen molar-refractivity contribution >= 4 is 11.6 Å².